The second kappa shape index (κ2) is 7.72. The van der Waals surface area contributed by atoms with Crippen molar-refractivity contribution in [1.82, 2.24) is 10.3 Å². The van der Waals surface area contributed by atoms with E-state index < -0.39 is 15.8 Å². The first-order valence-electron chi connectivity index (χ1n) is 7.75. The Morgan fingerprint density at radius 2 is 1.43 bits per heavy atom. The molecule has 0 saturated carbocycles. The van der Waals surface area contributed by atoms with E-state index in [0.29, 0.717) is 11.1 Å². The van der Waals surface area contributed by atoms with Crippen LogP contribution in [0.4, 0.5) is 11.4 Å². The van der Waals surface area contributed by atoms with Gasteiger partial charge < -0.3 is 5.32 Å². The van der Waals surface area contributed by atoms with Crippen molar-refractivity contribution in [3.63, 3.8) is 0 Å². The van der Waals surface area contributed by atoms with Crippen molar-refractivity contribution in [3.05, 3.63) is 85.6 Å². The number of carbonyl (C=O) groups is 1. The molecule has 1 heterocycles. The van der Waals surface area contributed by atoms with Crippen LogP contribution >= 0.6 is 12.2 Å². The van der Waals surface area contributed by atoms with E-state index in [4.69, 9.17) is 12.2 Å². The average molecular weight is 397 g/mol. The molecule has 0 bridgehead atoms. The number of nitro groups is 2. The summed E-state index contributed by atoms with van der Waals surface area (Å²) in [5, 5.41) is 29.1. The van der Waals surface area contributed by atoms with Crippen LogP contribution in [0.15, 0.2) is 59.3 Å². The minimum atomic E-state index is -0.515. The molecule has 0 spiro atoms. The summed E-state index contributed by atoms with van der Waals surface area (Å²) in [6, 6.07) is 11.3. The average Bonchev–Trinajstić information content (AvgIpc) is 2.94. The maximum atomic E-state index is 12.5. The fourth-order valence-corrected chi connectivity index (χ4v) is 2.54. The normalized spacial score (nSPS) is 15.3. The molecular weight excluding hydrogens is 386 g/mol. The van der Waals surface area contributed by atoms with Gasteiger partial charge in [-0.3, -0.25) is 25.0 Å². The summed E-state index contributed by atoms with van der Waals surface area (Å²) in [4.78, 5) is 32.8. The van der Waals surface area contributed by atoms with Crippen molar-refractivity contribution >= 4 is 46.9 Å². The summed E-state index contributed by atoms with van der Waals surface area (Å²) in [6.45, 7) is 0. The molecule has 1 N–H and O–H groups in total. The molecule has 1 fully saturated rings. The summed E-state index contributed by atoms with van der Waals surface area (Å²) in [5.41, 5.74) is 1.18. The van der Waals surface area contributed by atoms with E-state index in [0.717, 1.165) is 5.01 Å². The van der Waals surface area contributed by atoms with Crippen LogP contribution in [0.3, 0.4) is 0 Å². The van der Waals surface area contributed by atoms with Crippen LogP contribution in [0.25, 0.3) is 6.08 Å². The van der Waals surface area contributed by atoms with Gasteiger partial charge in [0.2, 0.25) is 5.11 Å². The zero-order valence-corrected chi connectivity index (χ0v) is 14.8. The molecule has 10 nitrogen and oxygen atoms in total. The lowest BCUT2D eigenvalue weighted by Gasteiger charge is -2.05. The third kappa shape index (κ3) is 4.04. The quantitative estimate of drug-likeness (QED) is 0.270. The molecule has 0 atom stereocenters. The van der Waals surface area contributed by atoms with Gasteiger partial charge in [-0.15, -0.1) is 0 Å². The number of non-ortho nitro benzene ring substituents is 2. The van der Waals surface area contributed by atoms with Gasteiger partial charge in [-0.2, -0.15) is 10.1 Å². The Hall–Kier alpha value is -3.99. The van der Waals surface area contributed by atoms with E-state index in [9.17, 15) is 25.0 Å². The van der Waals surface area contributed by atoms with Gasteiger partial charge in [0.05, 0.1) is 16.1 Å². The molecule has 0 aliphatic carbocycles. The maximum Gasteiger partial charge on any atom is 0.297 e. The first-order chi connectivity index (χ1) is 13.3. The lowest BCUT2D eigenvalue weighted by Crippen LogP contribution is -2.25. The van der Waals surface area contributed by atoms with Crippen LogP contribution in [-0.4, -0.2) is 32.1 Å². The SMILES string of the molecule is O=C1/C(=C\c2ccc([N+](=O)[O-])cc2)NC(=S)N1/N=C/c1ccc([N+](=O)[O-])cc1. The molecule has 0 radical (unpaired) electrons. The van der Waals surface area contributed by atoms with Crippen molar-refractivity contribution in [3.8, 4) is 0 Å². The van der Waals surface area contributed by atoms with Crippen LogP contribution in [0, 0.1) is 20.2 Å². The summed E-state index contributed by atoms with van der Waals surface area (Å²) in [6.07, 6.45) is 2.85. The number of hydrogen-bond acceptors (Lipinski definition) is 7. The van der Waals surface area contributed by atoms with Crippen LogP contribution in [0.2, 0.25) is 0 Å². The van der Waals surface area contributed by atoms with Crippen LogP contribution < -0.4 is 5.32 Å². The molecule has 28 heavy (non-hydrogen) atoms. The highest BCUT2D eigenvalue weighted by atomic mass is 32.1. The monoisotopic (exact) mass is 397 g/mol. The molecule has 1 aliphatic rings. The number of amides is 1. The van der Waals surface area contributed by atoms with Crippen molar-refractivity contribution in [2.24, 2.45) is 5.10 Å². The lowest BCUT2D eigenvalue weighted by atomic mass is 10.2. The second-order valence-corrected chi connectivity index (χ2v) is 5.93. The minimum Gasteiger partial charge on any atom is -0.326 e. The fraction of sp³-hybridized carbons (Fsp3) is 0. The second-order valence-electron chi connectivity index (χ2n) is 5.55. The third-order valence-electron chi connectivity index (χ3n) is 3.70. The number of hydrogen-bond donors (Lipinski definition) is 1. The zero-order valence-electron chi connectivity index (χ0n) is 14.0. The van der Waals surface area contributed by atoms with E-state index in [1.165, 1.54) is 60.8 Å². The standard InChI is InChI=1S/C17H11N5O5S/c23-16-15(9-11-1-5-13(6-2-11)21(24)25)19-17(28)20(16)18-10-12-3-7-14(8-4-12)22(26)27/h1-10H,(H,19,28)/b15-9+,18-10+. The molecule has 0 aromatic heterocycles. The van der Waals surface area contributed by atoms with Gasteiger partial charge in [0.15, 0.2) is 0 Å². The molecule has 1 amide bonds. The summed E-state index contributed by atoms with van der Waals surface area (Å²) >= 11 is 5.10. The maximum absolute atomic E-state index is 12.5. The molecule has 140 valence electrons. The summed E-state index contributed by atoms with van der Waals surface area (Å²) < 4.78 is 0. The van der Waals surface area contributed by atoms with E-state index in [1.54, 1.807) is 0 Å². The van der Waals surface area contributed by atoms with Crippen molar-refractivity contribution in [2.75, 3.05) is 0 Å². The lowest BCUT2D eigenvalue weighted by molar-refractivity contribution is -0.385. The Balaban J connectivity index is 1.75. The van der Waals surface area contributed by atoms with Crippen LogP contribution in [-0.2, 0) is 4.79 Å². The van der Waals surface area contributed by atoms with Gasteiger partial charge in [-0.05, 0) is 53.7 Å². The Bertz CT molecular complexity index is 1030. The van der Waals surface area contributed by atoms with Crippen molar-refractivity contribution < 1.29 is 14.6 Å². The number of carbonyl (C=O) groups excluding carboxylic acids is 1. The van der Waals surface area contributed by atoms with Crippen molar-refractivity contribution in [1.29, 1.82) is 0 Å². The number of nitro benzene ring substituents is 2. The predicted molar refractivity (Wildman–Crippen MR) is 104 cm³/mol. The van der Waals surface area contributed by atoms with E-state index >= 15 is 0 Å². The predicted octanol–water partition coefficient (Wildman–Crippen LogP) is 2.59. The van der Waals surface area contributed by atoms with Gasteiger partial charge in [0, 0.05) is 24.3 Å². The first kappa shape index (κ1) is 18.8. The van der Waals surface area contributed by atoms with Crippen LogP contribution in [0.1, 0.15) is 11.1 Å². The Kier molecular flexibility index (Phi) is 5.18. The largest absolute Gasteiger partial charge is 0.326 e. The van der Waals surface area contributed by atoms with Gasteiger partial charge in [-0.25, -0.2) is 0 Å². The Morgan fingerprint density at radius 3 is 1.93 bits per heavy atom. The highest BCUT2D eigenvalue weighted by Gasteiger charge is 2.30. The van der Waals surface area contributed by atoms with E-state index in [1.807, 2.05) is 0 Å². The first-order valence-corrected chi connectivity index (χ1v) is 8.16. The van der Waals surface area contributed by atoms with Crippen molar-refractivity contribution in [2.45, 2.75) is 0 Å². The molecule has 0 unspecified atom stereocenters. The molecular formula is C17H11N5O5S. The molecule has 1 saturated heterocycles. The minimum absolute atomic E-state index is 0.0556. The molecule has 3 rings (SSSR count). The topological polar surface area (TPSA) is 131 Å². The molecule has 1 aliphatic heterocycles. The Morgan fingerprint density at radius 1 is 0.929 bits per heavy atom. The highest BCUT2D eigenvalue weighted by molar-refractivity contribution is 7.80. The van der Waals surface area contributed by atoms with E-state index in [-0.39, 0.29) is 22.2 Å². The van der Waals surface area contributed by atoms with Gasteiger partial charge in [-0.1, -0.05) is 0 Å². The number of thiocarbonyl (C=S) groups is 1. The van der Waals surface area contributed by atoms with Crippen LogP contribution in [0.5, 0.6) is 0 Å². The molecule has 2 aromatic carbocycles. The number of hydrazone groups is 1. The fourth-order valence-electron chi connectivity index (χ4n) is 2.30. The molecule has 11 heteroatoms. The van der Waals surface area contributed by atoms with Gasteiger partial charge in [0.25, 0.3) is 17.3 Å². The summed E-state index contributed by atoms with van der Waals surface area (Å²) in [7, 11) is 0. The van der Waals surface area contributed by atoms with Gasteiger partial charge in [0.1, 0.15) is 5.70 Å². The Labute approximate surface area is 163 Å². The number of rotatable bonds is 5. The van der Waals surface area contributed by atoms with E-state index in [2.05, 4.69) is 10.4 Å². The molecule has 2 aromatic rings. The zero-order chi connectivity index (χ0) is 20.3. The summed E-state index contributed by atoms with van der Waals surface area (Å²) in [5.74, 6) is -0.499. The number of benzene rings is 2. The highest BCUT2D eigenvalue weighted by Crippen LogP contribution is 2.18. The number of nitrogens with zero attached hydrogens (tertiary/aromatic N) is 4. The smallest absolute Gasteiger partial charge is 0.297 e. The van der Waals surface area contributed by atoms with Gasteiger partial charge >= 0.3 is 0 Å². The third-order valence-corrected chi connectivity index (χ3v) is 3.97. The number of nitrogens with one attached hydrogen (secondary N) is 1.